The number of aromatic nitrogens is 1. The van der Waals surface area contributed by atoms with Crippen LogP contribution in [0.25, 0.3) is 11.3 Å². The number of nitrogens with two attached hydrogens (primary N) is 1. The maximum atomic E-state index is 13.2. The predicted molar refractivity (Wildman–Crippen MR) is 70.4 cm³/mol. The summed E-state index contributed by atoms with van der Waals surface area (Å²) < 4.78 is 17.9. The van der Waals surface area contributed by atoms with Gasteiger partial charge in [-0.25, -0.2) is 14.2 Å². The second-order valence-corrected chi connectivity index (χ2v) is 4.16. The van der Waals surface area contributed by atoms with Crippen molar-refractivity contribution in [1.82, 2.24) is 4.98 Å². The van der Waals surface area contributed by atoms with Crippen molar-refractivity contribution in [3.8, 4) is 11.3 Å². The van der Waals surface area contributed by atoms with E-state index in [1.54, 1.807) is 6.07 Å². The molecule has 0 saturated carbocycles. The van der Waals surface area contributed by atoms with Gasteiger partial charge in [-0.05, 0) is 18.2 Å². The molecule has 0 amide bonds. The molecule has 0 saturated heterocycles. The number of nitrogen functional groups attached to an aromatic ring is 1. The number of halogens is 2. The van der Waals surface area contributed by atoms with Crippen LogP contribution < -0.4 is 5.73 Å². The summed E-state index contributed by atoms with van der Waals surface area (Å²) in [7, 11) is 1.24. The van der Waals surface area contributed by atoms with Gasteiger partial charge in [-0.1, -0.05) is 23.7 Å². The van der Waals surface area contributed by atoms with Crippen molar-refractivity contribution in [2.24, 2.45) is 0 Å². The molecule has 0 aliphatic carbocycles. The third kappa shape index (κ3) is 2.66. The molecule has 0 radical (unpaired) electrons. The van der Waals surface area contributed by atoms with E-state index in [0.29, 0.717) is 5.56 Å². The van der Waals surface area contributed by atoms with Crippen LogP contribution in [0.15, 0.2) is 30.3 Å². The molecule has 1 aromatic heterocycles. The van der Waals surface area contributed by atoms with Crippen molar-refractivity contribution in [2.75, 3.05) is 12.8 Å². The quantitative estimate of drug-likeness (QED) is 0.859. The van der Waals surface area contributed by atoms with Gasteiger partial charge in [0.1, 0.15) is 11.6 Å². The number of hydrogen-bond acceptors (Lipinski definition) is 4. The van der Waals surface area contributed by atoms with Gasteiger partial charge in [0.2, 0.25) is 0 Å². The molecule has 2 rings (SSSR count). The molecule has 0 fully saturated rings. The molecule has 2 aromatic rings. The summed E-state index contributed by atoms with van der Waals surface area (Å²) in [5.41, 5.74) is 6.40. The number of carbonyl (C=O) groups is 1. The molecule has 0 atom stereocenters. The Labute approximate surface area is 114 Å². The van der Waals surface area contributed by atoms with Crippen LogP contribution in [0, 0.1) is 5.82 Å². The highest BCUT2D eigenvalue weighted by molar-refractivity contribution is 6.33. The summed E-state index contributed by atoms with van der Waals surface area (Å²) in [6.07, 6.45) is 0. The fourth-order valence-corrected chi connectivity index (χ4v) is 1.78. The van der Waals surface area contributed by atoms with Crippen molar-refractivity contribution in [3.63, 3.8) is 0 Å². The zero-order valence-electron chi connectivity index (χ0n) is 9.98. The molecule has 0 unspecified atom stereocenters. The highest BCUT2D eigenvalue weighted by Crippen LogP contribution is 2.28. The number of rotatable bonds is 2. The predicted octanol–water partition coefficient (Wildman–Crippen LogP) is 2.91. The molecule has 0 aliphatic rings. The van der Waals surface area contributed by atoms with Crippen LogP contribution in [0.4, 0.5) is 10.2 Å². The highest BCUT2D eigenvalue weighted by Gasteiger charge is 2.17. The standard InChI is InChI=1S/C13H10ClFN2O2/c1-19-13(18)9-6-10(14)12(16)17-11(9)7-3-2-4-8(15)5-7/h2-6H,1H3,(H2,16,17). The van der Waals surface area contributed by atoms with Crippen molar-refractivity contribution in [1.29, 1.82) is 0 Å². The van der Waals surface area contributed by atoms with Crippen molar-refractivity contribution in [2.45, 2.75) is 0 Å². The van der Waals surface area contributed by atoms with E-state index in [9.17, 15) is 9.18 Å². The van der Waals surface area contributed by atoms with Crippen molar-refractivity contribution < 1.29 is 13.9 Å². The lowest BCUT2D eigenvalue weighted by Crippen LogP contribution is -2.07. The Balaban J connectivity index is 2.67. The van der Waals surface area contributed by atoms with E-state index >= 15 is 0 Å². The lowest BCUT2D eigenvalue weighted by molar-refractivity contribution is 0.0601. The lowest BCUT2D eigenvalue weighted by Gasteiger charge is -2.09. The monoisotopic (exact) mass is 280 g/mol. The molecule has 0 spiro atoms. The Morgan fingerprint density at radius 1 is 1.42 bits per heavy atom. The first-order chi connectivity index (χ1) is 9.02. The van der Waals surface area contributed by atoms with Crippen LogP contribution in [-0.2, 0) is 4.74 Å². The molecule has 1 heterocycles. The Hall–Kier alpha value is -2.14. The molecule has 0 aliphatic heterocycles. The molecule has 1 aromatic carbocycles. The lowest BCUT2D eigenvalue weighted by atomic mass is 10.1. The minimum Gasteiger partial charge on any atom is -0.465 e. The van der Waals surface area contributed by atoms with Gasteiger partial charge in [-0.15, -0.1) is 0 Å². The fraction of sp³-hybridized carbons (Fsp3) is 0.0769. The molecule has 19 heavy (non-hydrogen) atoms. The van der Waals surface area contributed by atoms with E-state index < -0.39 is 11.8 Å². The highest BCUT2D eigenvalue weighted by atomic mass is 35.5. The average molecular weight is 281 g/mol. The number of anilines is 1. The second-order valence-electron chi connectivity index (χ2n) is 3.75. The summed E-state index contributed by atoms with van der Waals surface area (Å²) in [6.45, 7) is 0. The number of pyridine rings is 1. The first-order valence-corrected chi connectivity index (χ1v) is 5.71. The molecular weight excluding hydrogens is 271 g/mol. The summed E-state index contributed by atoms with van der Waals surface area (Å²) in [6, 6.07) is 7.03. The van der Waals surface area contributed by atoms with Crippen LogP contribution in [-0.4, -0.2) is 18.1 Å². The van der Waals surface area contributed by atoms with E-state index in [2.05, 4.69) is 9.72 Å². The van der Waals surface area contributed by atoms with Gasteiger partial charge in [-0.2, -0.15) is 0 Å². The summed E-state index contributed by atoms with van der Waals surface area (Å²) in [5.74, 6) is -0.995. The van der Waals surface area contributed by atoms with E-state index in [0.717, 1.165) is 0 Å². The number of hydrogen-bond donors (Lipinski definition) is 1. The summed E-state index contributed by atoms with van der Waals surface area (Å²) in [5, 5.41) is 0.139. The van der Waals surface area contributed by atoms with E-state index in [-0.39, 0.29) is 22.1 Å². The number of benzene rings is 1. The third-order valence-electron chi connectivity index (χ3n) is 2.51. The second kappa shape index (κ2) is 5.24. The fourth-order valence-electron chi connectivity index (χ4n) is 1.62. The van der Waals surface area contributed by atoms with Gasteiger partial charge in [-0.3, -0.25) is 0 Å². The van der Waals surface area contributed by atoms with Crippen LogP contribution in [0.2, 0.25) is 5.02 Å². The van der Waals surface area contributed by atoms with Gasteiger partial charge < -0.3 is 10.5 Å². The van der Waals surface area contributed by atoms with E-state index in [4.69, 9.17) is 17.3 Å². The van der Waals surface area contributed by atoms with Crippen LogP contribution in [0.5, 0.6) is 0 Å². The third-order valence-corrected chi connectivity index (χ3v) is 2.81. The van der Waals surface area contributed by atoms with Crippen LogP contribution in [0.3, 0.4) is 0 Å². The average Bonchev–Trinajstić information content (AvgIpc) is 2.40. The van der Waals surface area contributed by atoms with Gasteiger partial charge in [0.05, 0.1) is 23.4 Å². The van der Waals surface area contributed by atoms with E-state index in [1.165, 1.54) is 31.4 Å². The molecule has 98 valence electrons. The van der Waals surface area contributed by atoms with Crippen molar-refractivity contribution >= 4 is 23.4 Å². The number of methoxy groups -OCH3 is 1. The molecule has 4 nitrogen and oxygen atoms in total. The van der Waals surface area contributed by atoms with Gasteiger partial charge in [0.25, 0.3) is 0 Å². The first kappa shape index (κ1) is 13.3. The van der Waals surface area contributed by atoms with Gasteiger partial charge in [0, 0.05) is 5.56 Å². The molecule has 0 bridgehead atoms. The number of carbonyl (C=O) groups excluding carboxylic acids is 1. The molecule has 2 N–H and O–H groups in total. The Kier molecular flexibility index (Phi) is 3.66. The topological polar surface area (TPSA) is 65.2 Å². The Morgan fingerprint density at radius 3 is 2.79 bits per heavy atom. The normalized spacial score (nSPS) is 10.3. The Bertz CT molecular complexity index is 647. The maximum absolute atomic E-state index is 13.2. The van der Waals surface area contributed by atoms with Gasteiger partial charge >= 0.3 is 5.97 Å². The number of esters is 1. The molecule has 6 heteroatoms. The van der Waals surface area contributed by atoms with E-state index in [1.807, 2.05) is 0 Å². The largest absolute Gasteiger partial charge is 0.465 e. The maximum Gasteiger partial charge on any atom is 0.340 e. The van der Waals surface area contributed by atoms with Crippen LogP contribution in [0.1, 0.15) is 10.4 Å². The molecular formula is C13H10ClFN2O2. The SMILES string of the molecule is COC(=O)c1cc(Cl)c(N)nc1-c1cccc(F)c1. The number of nitrogens with zero attached hydrogens (tertiary/aromatic N) is 1. The minimum absolute atomic E-state index is 0.0635. The zero-order valence-corrected chi connectivity index (χ0v) is 10.7. The number of ether oxygens (including phenoxy) is 1. The first-order valence-electron chi connectivity index (χ1n) is 5.33. The minimum atomic E-state index is -0.617. The van der Waals surface area contributed by atoms with Crippen molar-refractivity contribution in [3.05, 3.63) is 46.7 Å². The summed E-state index contributed by atoms with van der Waals surface area (Å²) in [4.78, 5) is 15.7. The van der Waals surface area contributed by atoms with Gasteiger partial charge in [0.15, 0.2) is 0 Å². The zero-order chi connectivity index (χ0) is 14.0. The summed E-state index contributed by atoms with van der Waals surface area (Å²) >= 11 is 5.84. The van der Waals surface area contributed by atoms with Crippen LogP contribution >= 0.6 is 11.6 Å². The Morgan fingerprint density at radius 2 is 2.16 bits per heavy atom. The smallest absolute Gasteiger partial charge is 0.340 e.